The van der Waals surface area contributed by atoms with Crippen LogP contribution < -0.4 is 4.68 Å². The molecule has 0 radical (unpaired) electrons. The molecule has 0 saturated carbocycles. The van der Waals surface area contributed by atoms with Crippen molar-refractivity contribution in [3.05, 3.63) is 6.33 Å². The number of H-pyrrole nitrogens is 1. The fourth-order valence-corrected chi connectivity index (χ4v) is 0.225. The predicted octanol–water partition coefficient (Wildman–Crippen LogP) is -1.37. The fraction of sp³-hybridized carbons (Fsp3) is 0.500. The molecule has 1 aromatic heterocycles. The summed E-state index contributed by atoms with van der Waals surface area (Å²) in [5.74, 6) is 0. The zero-order chi connectivity index (χ0) is 4.41. The van der Waals surface area contributed by atoms with Gasteiger partial charge in [0.2, 0.25) is 0 Å². The third-order valence-electron chi connectivity index (χ3n) is 0.485. The van der Waals surface area contributed by atoms with Gasteiger partial charge in [0.1, 0.15) is 5.10 Å². The number of aromatic nitrogens is 4. The van der Waals surface area contributed by atoms with Gasteiger partial charge >= 0.3 is 0 Å². The molecule has 4 nitrogen and oxygen atoms in total. The van der Waals surface area contributed by atoms with Gasteiger partial charge in [-0.1, -0.05) is 5.21 Å². The van der Waals surface area contributed by atoms with Gasteiger partial charge in [0.15, 0.2) is 5.21 Å². The van der Waals surface area contributed by atoms with Crippen molar-refractivity contribution in [1.29, 1.82) is 0 Å². The smallest absolute Gasteiger partial charge is 0.168 e. The van der Waals surface area contributed by atoms with Crippen molar-refractivity contribution in [3.63, 3.8) is 0 Å². The predicted molar refractivity (Wildman–Crippen MR) is 17.6 cm³/mol. The molecule has 0 aromatic carbocycles. The van der Waals surface area contributed by atoms with Crippen molar-refractivity contribution in [3.8, 4) is 0 Å². The van der Waals surface area contributed by atoms with Gasteiger partial charge in [-0.05, 0) is 0 Å². The second-order valence-corrected chi connectivity index (χ2v) is 1.04. The number of tetrazole rings is 1. The van der Waals surface area contributed by atoms with Crippen LogP contribution in [-0.2, 0) is 7.05 Å². The van der Waals surface area contributed by atoms with E-state index in [0.717, 1.165) is 0 Å². The zero-order valence-corrected chi connectivity index (χ0v) is 3.42. The molecule has 6 heavy (non-hydrogen) atoms. The van der Waals surface area contributed by atoms with E-state index in [-0.39, 0.29) is 0 Å². The lowest BCUT2D eigenvalue weighted by Gasteiger charge is -1.65. The highest BCUT2D eigenvalue weighted by atomic mass is 15.5. The van der Waals surface area contributed by atoms with Gasteiger partial charge in [-0.15, -0.1) is 0 Å². The number of aromatic amines is 1. The standard InChI is InChI=1S/C2H4N4/c1-6-2-3-4-5-6/h2H,1H3/p+1. The second kappa shape index (κ2) is 1.04. The summed E-state index contributed by atoms with van der Waals surface area (Å²) in [5, 5.41) is 9.44. The SMILES string of the molecule is C[n+]1cnn[nH]1. The molecule has 32 valence electrons. The molecular weight excluding hydrogens is 80.0 g/mol. The first-order valence-corrected chi connectivity index (χ1v) is 1.61. The molecule has 0 atom stereocenters. The van der Waals surface area contributed by atoms with Gasteiger partial charge < -0.3 is 0 Å². The summed E-state index contributed by atoms with van der Waals surface area (Å²) in [4.78, 5) is 0. The Labute approximate surface area is 34.8 Å². The molecule has 0 spiro atoms. The molecule has 0 aliphatic rings. The van der Waals surface area contributed by atoms with Gasteiger partial charge in [0.05, 0.1) is 7.05 Å². The number of hydrogen-bond donors (Lipinski definition) is 1. The normalized spacial score (nSPS) is 8.83. The molecule has 4 heteroatoms. The van der Waals surface area contributed by atoms with E-state index in [1.807, 2.05) is 7.05 Å². The Kier molecular flexibility index (Phi) is 0.567. The Balaban J connectivity index is 3.05. The third kappa shape index (κ3) is 0.357. The monoisotopic (exact) mass is 85.1 g/mol. The van der Waals surface area contributed by atoms with Crippen molar-refractivity contribution in [2.24, 2.45) is 7.05 Å². The molecule has 0 saturated heterocycles. The van der Waals surface area contributed by atoms with Crippen LogP contribution in [-0.4, -0.2) is 15.5 Å². The van der Waals surface area contributed by atoms with Crippen molar-refractivity contribution in [2.75, 3.05) is 0 Å². The first-order valence-electron chi connectivity index (χ1n) is 1.61. The van der Waals surface area contributed by atoms with Crippen LogP contribution in [0.3, 0.4) is 0 Å². The maximum Gasteiger partial charge on any atom is 0.288 e. The maximum atomic E-state index is 3.48. The van der Waals surface area contributed by atoms with Crippen LogP contribution in [0.1, 0.15) is 0 Å². The minimum atomic E-state index is 1.58. The summed E-state index contributed by atoms with van der Waals surface area (Å²) in [7, 11) is 1.82. The van der Waals surface area contributed by atoms with E-state index in [9.17, 15) is 0 Å². The Morgan fingerprint density at radius 1 is 1.83 bits per heavy atom. The largest absolute Gasteiger partial charge is 0.288 e. The molecule has 1 rings (SSSR count). The van der Waals surface area contributed by atoms with Crippen molar-refractivity contribution in [1.82, 2.24) is 15.5 Å². The number of nitrogens with zero attached hydrogens (tertiary/aromatic N) is 3. The topological polar surface area (TPSA) is 45.5 Å². The number of rotatable bonds is 0. The molecule has 0 aliphatic carbocycles. The van der Waals surface area contributed by atoms with Crippen LogP contribution in [0.4, 0.5) is 0 Å². The third-order valence-corrected chi connectivity index (χ3v) is 0.485. The lowest BCUT2D eigenvalue weighted by molar-refractivity contribution is -0.731. The van der Waals surface area contributed by atoms with E-state index in [4.69, 9.17) is 0 Å². The van der Waals surface area contributed by atoms with Crippen LogP contribution in [0, 0.1) is 0 Å². The average Bonchev–Trinajstić information content (AvgIpc) is 1.86. The Morgan fingerprint density at radius 3 is 2.83 bits per heavy atom. The molecule has 1 N–H and O–H groups in total. The Bertz CT molecular complexity index is 109. The summed E-state index contributed by atoms with van der Waals surface area (Å²) in [5.41, 5.74) is 0. The van der Waals surface area contributed by atoms with E-state index < -0.39 is 0 Å². The fourth-order valence-electron chi connectivity index (χ4n) is 0.225. The van der Waals surface area contributed by atoms with Crippen LogP contribution in [0.5, 0.6) is 0 Å². The van der Waals surface area contributed by atoms with Gasteiger partial charge in [-0.2, -0.15) is 4.68 Å². The lowest BCUT2D eigenvalue weighted by Crippen LogP contribution is -2.28. The van der Waals surface area contributed by atoms with E-state index in [1.54, 1.807) is 11.0 Å². The summed E-state index contributed by atoms with van der Waals surface area (Å²) in [6.45, 7) is 0. The lowest BCUT2D eigenvalue weighted by atomic mass is 11.2. The molecule has 0 amide bonds. The Hall–Kier alpha value is -0.930. The van der Waals surface area contributed by atoms with Gasteiger partial charge in [-0.3, -0.25) is 0 Å². The quantitative estimate of drug-likeness (QED) is 0.395. The van der Waals surface area contributed by atoms with Crippen LogP contribution in [0.25, 0.3) is 0 Å². The summed E-state index contributed by atoms with van der Waals surface area (Å²) < 4.78 is 1.65. The van der Waals surface area contributed by atoms with Crippen molar-refractivity contribution < 1.29 is 4.68 Å². The van der Waals surface area contributed by atoms with E-state index in [2.05, 4.69) is 15.5 Å². The van der Waals surface area contributed by atoms with E-state index in [1.165, 1.54) is 0 Å². The van der Waals surface area contributed by atoms with Crippen molar-refractivity contribution in [2.45, 2.75) is 0 Å². The summed E-state index contributed by atoms with van der Waals surface area (Å²) >= 11 is 0. The second-order valence-electron chi connectivity index (χ2n) is 1.04. The van der Waals surface area contributed by atoms with E-state index >= 15 is 0 Å². The Morgan fingerprint density at radius 2 is 2.67 bits per heavy atom. The summed E-state index contributed by atoms with van der Waals surface area (Å²) in [6.07, 6.45) is 1.58. The number of nitrogens with one attached hydrogen (secondary N) is 1. The molecule has 0 fully saturated rings. The molecular formula is C2H5N4+. The van der Waals surface area contributed by atoms with E-state index in [0.29, 0.717) is 0 Å². The maximum absolute atomic E-state index is 3.48. The van der Waals surface area contributed by atoms with Crippen molar-refractivity contribution >= 4 is 0 Å². The molecule has 1 heterocycles. The number of hydrogen-bond acceptors (Lipinski definition) is 2. The minimum Gasteiger partial charge on any atom is -0.168 e. The molecule has 0 aliphatic heterocycles. The van der Waals surface area contributed by atoms with Crippen LogP contribution in [0.2, 0.25) is 0 Å². The summed E-state index contributed by atoms with van der Waals surface area (Å²) in [6, 6.07) is 0. The van der Waals surface area contributed by atoms with Gasteiger partial charge in [-0.25, -0.2) is 0 Å². The molecule has 1 aromatic rings. The highest BCUT2D eigenvalue weighted by molar-refractivity contribution is 4.09. The molecule has 0 bridgehead atoms. The highest BCUT2D eigenvalue weighted by Gasteiger charge is 1.83. The van der Waals surface area contributed by atoms with Gasteiger partial charge in [0.25, 0.3) is 6.33 Å². The number of aryl methyl sites for hydroxylation is 1. The van der Waals surface area contributed by atoms with Crippen LogP contribution >= 0.6 is 0 Å². The first kappa shape index (κ1) is 3.27. The first-order chi connectivity index (χ1) is 2.89. The average molecular weight is 85.1 g/mol. The molecule has 0 unspecified atom stereocenters. The minimum absolute atomic E-state index is 1.58. The van der Waals surface area contributed by atoms with Crippen LogP contribution in [0.15, 0.2) is 6.33 Å². The van der Waals surface area contributed by atoms with Gasteiger partial charge in [0, 0.05) is 0 Å². The highest BCUT2D eigenvalue weighted by Crippen LogP contribution is 1.41. The zero-order valence-electron chi connectivity index (χ0n) is 3.42.